The van der Waals surface area contributed by atoms with Gasteiger partial charge in [0.25, 0.3) is 5.91 Å². The molecule has 3 aromatic rings. The highest BCUT2D eigenvalue weighted by molar-refractivity contribution is 6.03. The molecular formula is C18H13F2N3O2. The summed E-state index contributed by atoms with van der Waals surface area (Å²) in [5, 5.41) is 5.88. The lowest BCUT2D eigenvalue weighted by molar-refractivity contribution is -0.115. The van der Waals surface area contributed by atoms with E-state index in [4.69, 9.17) is 0 Å². The third-order valence-electron chi connectivity index (χ3n) is 3.50. The second kappa shape index (κ2) is 7.04. The van der Waals surface area contributed by atoms with E-state index < -0.39 is 23.4 Å². The van der Waals surface area contributed by atoms with Crippen molar-refractivity contribution < 1.29 is 18.4 Å². The summed E-state index contributed by atoms with van der Waals surface area (Å²) in [5.74, 6) is -3.31. The third-order valence-corrected chi connectivity index (χ3v) is 3.50. The van der Waals surface area contributed by atoms with Crippen LogP contribution in [0.4, 0.5) is 14.5 Å². The molecular weight excluding hydrogens is 328 g/mol. The fraction of sp³-hybridized carbons (Fsp3) is 0.0556. The first kappa shape index (κ1) is 16.5. The molecule has 0 saturated heterocycles. The van der Waals surface area contributed by atoms with Gasteiger partial charge in [0.15, 0.2) is 11.6 Å². The van der Waals surface area contributed by atoms with Gasteiger partial charge in [-0.05, 0) is 30.3 Å². The van der Waals surface area contributed by atoms with Crippen LogP contribution in [0.5, 0.6) is 0 Å². The molecule has 0 atom stereocenters. The van der Waals surface area contributed by atoms with Crippen molar-refractivity contribution in [3.8, 4) is 0 Å². The standard InChI is InChI=1S/C18H13F2N3O2/c19-13-7-6-12(9-14(13)20)18(25)22-10-16(24)23-15-5-1-3-11-4-2-8-21-17(11)15/h1-9H,10H2,(H,22,25)(H,23,24). The summed E-state index contributed by atoms with van der Waals surface area (Å²) in [4.78, 5) is 28.1. The number of fused-ring (bicyclic) bond motifs is 1. The molecule has 0 unspecified atom stereocenters. The maximum atomic E-state index is 13.1. The zero-order valence-electron chi connectivity index (χ0n) is 12.9. The largest absolute Gasteiger partial charge is 0.343 e. The molecule has 1 heterocycles. The first-order chi connectivity index (χ1) is 12.0. The lowest BCUT2D eigenvalue weighted by atomic mass is 10.2. The summed E-state index contributed by atoms with van der Waals surface area (Å²) in [7, 11) is 0. The molecule has 0 saturated carbocycles. The van der Waals surface area contributed by atoms with E-state index in [0.717, 1.165) is 23.6 Å². The molecule has 0 bridgehead atoms. The molecule has 2 amide bonds. The van der Waals surface area contributed by atoms with E-state index in [2.05, 4.69) is 15.6 Å². The molecule has 1 aromatic heterocycles. The van der Waals surface area contributed by atoms with E-state index in [1.165, 1.54) is 0 Å². The number of rotatable bonds is 4. The quantitative estimate of drug-likeness (QED) is 0.766. The maximum absolute atomic E-state index is 13.1. The van der Waals surface area contributed by atoms with Crippen LogP contribution in [-0.2, 0) is 4.79 Å². The molecule has 5 nitrogen and oxygen atoms in total. The molecule has 2 N–H and O–H groups in total. The molecule has 0 spiro atoms. The summed E-state index contributed by atoms with van der Waals surface area (Å²) in [6, 6.07) is 11.8. The Bertz CT molecular complexity index is 955. The van der Waals surface area contributed by atoms with Crippen LogP contribution in [-0.4, -0.2) is 23.3 Å². The lowest BCUT2D eigenvalue weighted by Gasteiger charge is -2.09. The minimum absolute atomic E-state index is 0.0708. The molecule has 0 fully saturated rings. The van der Waals surface area contributed by atoms with E-state index in [-0.39, 0.29) is 12.1 Å². The predicted octanol–water partition coefficient (Wildman–Crippen LogP) is 2.88. The third kappa shape index (κ3) is 3.77. The zero-order chi connectivity index (χ0) is 17.8. The molecule has 3 rings (SSSR count). The maximum Gasteiger partial charge on any atom is 0.251 e. The minimum Gasteiger partial charge on any atom is -0.343 e. The lowest BCUT2D eigenvalue weighted by Crippen LogP contribution is -2.33. The Labute approximate surface area is 141 Å². The number of carbonyl (C=O) groups is 2. The molecule has 0 aliphatic carbocycles. The van der Waals surface area contributed by atoms with Crippen LogP contribution >= 0.6 is 0 Å². The summed E-state index contributed by atoms with van der Waals surface area (Å²) in [6.07, 6.45) is 1.61. The molecule has 7 heteroatoms. The van der Waals surface area contributed by atoms with Crippen molar-refractivity contribution in [2.24, 2.45) is 0 Å². The Hall–Kier alpha value is -3.35. The number of benzene rings is 2. The predicted molar refractivity (Wildman–Crippen MR) is 89.1 cm³/mol. The number of nitrogens with zero attached hydrogens (tertiary/aromatic N) is 1. The highest BCUT2D eigenvalue weighted by Crippen LogP contribution is 2.20. The van der Waals surface area contributed by atoms with Crippen LogP contribution in [0.2, 0.25) is 0 Å². The van der Waals surface area contributed by atoms with E-state index >= 15 is 0 Å². The Morgan fingerprint density at radius 1 is 1.00 bits per heavy atom. The van der Waals surface area contributed by atoms with Crippen LogP contribution in [0.15, 0.2) is 54.7 Å². The second-order valence-corrected chi connectivity index (χ2v) is 5.24. The molecule has 0 aliphatic rings. The number of carbonyl (C=O) groups excluding carboxylic acids is 2. The van der Waals surface area contributed by atoms with Crippen molar-refractivity contribution in [2.75, 3.05) is 11.9 Å². The van der Waals surface area contributed by atoms with Crippen molar-refractivity contribution in [1.82, 2.24) is 10.3 Å². The van der Waals surface area contributed by atoms with Crippen LogP contribution in [0.1, 0.15) is 10.4 Å². The van der Waals surface area contributed by atoms with Gasteiger partial charge in [0.1, 0.15) is 0 Å². The van der Waals surface area contributed by atoms with Crippen LogP contribution in [0.3, 0.4) is 0 Å². The van der Waals surface area contributed by atoms with Crippen molar-refractivity contribution in [1.29, 1.82) is 0 Å². The smallest absolute Gasteiger partial charge is 0.251 e. The van der Waals surface area contributed by atoms with E-state index in [1.54, 1.807) is 24.4 Å². The van der Waals surface area contributed by atoms with E-state index in [0.29, 0.717) is 11.2 Å². The van der Waals surface area contributed by atoms with Crippen molar-refractivity contribution in [3.63, 3.8) is 0 Å². The zero-order valence-corrected chi connectivity index (χ0v) is 12.9. The van der Waals surface area contributed by atoms with Crippen LogP contribution in [0, 0.1) is 11.6 Å². The van der Waals surface area contributed by atoms with Gasteiger partial charge in [-0.15, -0.1) is 0 Å². The van der Waals surface area contributed by atoms with Crippen molar-refractivity contribution >= 4 is 28.4 Å². The van der Waals surface area contributed by atoms with Gasteiger partial charge in [0.05, 0.1) is 17.7 Å². The SMILES string of the molecule is O=C(CNC(=O)c1ccc(F)c(F)c1)Nc1cccc2cccnc12. The topological polar surface area (TPSA) is 71.1 Å². The van der Waals surface area contributed by atoms with Gasteiger partial charge < -0.3 is 10.6 Å². The van der Waals surface area contributed by atoms with Gasteiger partial charge in [-0.2, -0.15) is 0 Å². The summed E-state index contributed by atoms with van der Waals surface area (Å²) in [6.45, 7) is -0.318. The Morgan fingerprint density at radius 2 is 1.80 bits per heavy atom. The van der Waals surface area contributed by atoms with Gasteiger partial charge in [0.2, 0.25) is 5.91 Å². The fourth-order valence-electron chi connectivity index (χ4n) is 2.30. The number of aromatic nitrogens is 1. The number of amides is 2. The number of pyridine rings is 1. The Morgan fingerprint density at radius 3 is 2.60 bits per heavy atom. The normalized spacial score (nSPS) is 10.5. The monoisotopic (exact) mass is 341 g/mol. The number of hydrogen-bond acceptors (Lipinski definition) is 3. The van der Waals surface area contributed by atoms with Gasteiger partial charge in [0, 0.05) is 17.1 Å². The molecule has 126 valence electrons. The van der Waals surface area contributed by atoms with Gasteiger partial charge in [-0.3, -0.25) is 14.6 Å². The van der Waals surface area contributed by atoms with Crippen LogP contribution < -0.4 is 10.6 Å². The summed E-state index contributed by atoms with van der Waals surface area (Å²) < 4.78 is 26.0. The Balaban J connectivity index is 1.64. The first-order valence-electron chi connectivity index (χ1n) is 7.41. The summed E-state index contributed by atoms with van der Waals surface area (Å²) in [5.41, 5.74) is 1.08. The van der Waals surface area contributed by atoms with Gasteiger partial charge >= 0.3 is 0 Å². The second-order valence-electron chi connectivity index (χ2n) is 5.24. The number of halogens is 2. The van der Waals surface area contributed by atoms with Gasteiger partial charge in [-0.25, -0.2) is 8.78 Å². The molecule has 25 heavy (non-hydrogen) atoms. The van der Waals surface area contributed by atoms with Crippen molar-refractivity contribution in [2.45, 2.75) is 0 Å². The van der Waals surface area contributed by atoms with E-state index in [9.17, 15) is 18.4 Å². The average molecular weight is 341 g/mol. The van der Waals surface area contributed by atoms with Gasteiger partial charge in [-0.1, -0.05) is 18.2 Å². The molecule has 0 radical (unpaired) electrons. The molecule has 0 aliphatic heterocycles. The first-order valence-corrected chi connectivity index (χ1v) is 7.41. The van der Waals surface area contributed by atoms with Crippen LogP contribution in [0.25, 0.3) is 10.9 Å². The fourth-order valence-corrected chi connectivity index (χ4v) is 2.30. The van der Waals surface area contributed by atoms with Crippen molar-refractivity contribution in [3.05, 3.63) is 71.9 Å². The highest BCUT2D eigenvalue weighted by atomic mass is 19.2. The number of hydrogen-bond donors (Lipinski definition) is 2. The number of anilines is 1. The highest BCUT2D eigenvalue weighted by Gasteiger charge is 2.12. The number of para-hydroxylation sites is 1. The summed E-state index contributed by atoms with van der Waals surface area (Å²) >= 11 is 0. The average Bonchev–Trinajstić information content (AvgIpc) is 2.62. The number of nitrogens with one attached hydrogen (secondary N) is 2. The van der Waals surface area contributed by atoms with E-state index in [1.807, 2.05) is 12.1 Å². The minimum atomic E-state index is -1.13. The Kier molecular flexibility index (Phi) is 4.65. The molecule has 2 aromatic carbocycles.